The van der Waals surface area contributed by atoms with Gasteiger partial charge in [0.05, 0.1) is 29.8 Å². The second-order valence-electron chi connectivity index (χ2n) is 11.7. The van der Waals surface area contributed by atoms with Crippen molar-refractivity contribution in [3.05, 3.63) is 62.2 Å². The molecule has 1 fully saturated rings. The molecule has 5 atom stereocenters. The van der Waals surface area contributed by atoms with Crippen molar-refractivity contribution in [1.82, 2.24) is 24.4 Å². The zero-order valence-corrected chi connectivity index (χ0v) is 29.1. The third-order valence-corrected chi connectivity index (χ3v) is 7.22. The van der Waals surface area contributed by atoms with E-state index < -0.39 is 71.7 Å². The molecule has 1 aromatic carbocycles. The quantitative estimate of drug-likeness (QED) is 0.0565. The Hall–Kier alpha value is -5.89. The number of benzene rings is 1. The molecule has 3 heterocycles. The summed E-state index contributed by atoms with van der Waals surface area (Å²) in [4.78, 5) is 91.3. The molecular formula is C32H37N7O13. The normalized spacial score (nSPS) is 19.9. The van der Waals surface area contributed by atoms with Gasteiger partial charge in [-0.3, -0.25) is 38.7 Å². The zero-order chi connectivity index (χ0) is 38.1. The van der Waals surface area contributed by atoms with Crippen molar-refractivity contribution in [3.8, 4) is 0 Å². The van der Waals surface area contributed by atoms with Gasteiger partial charge in [0, 0.05) is 60.5 Å². The van der Waals surface area contributed by atoms with Gasteiger partial charge in [-0.2, -0.15) is 4.98 Å². The van der Waals surface area contributed by atoms with Crippen LogP contribution in [-0.4, -0.2) is 111 Å². The van der Waals surface area contributed by atoms with Crippen LogP contribution >= 0.6 is 0 Å². The first kappa shape index (κ1) is 38.9. The summed E-state index contributed by atoms with van der Waals surface area (Å²) in [6.07, 6.45) is -3.95. The van der Waals surface area contributed by atoms with E-state index in [4.69, 9.17) is 28.4 Å². The fourth-order valence-corrected chi connectivity index (χ4v) is 5.07. The predicted molar refractivity (Wildman–Crippen MR) is 177 cm³/mol. The second kappa shape index (κ2) is 17.4. The predicted octanol–water partition coefficient (Wildman–Crippen LogP) is 1.16. The van der Waals surface area contributed by atoms with Crippen molar-refractivity contribution in [2.45, 2.75) is 78.0 Å². The van der Waals surface area contributed by atoms with Crippen LogP contribution in [0.15, 0.2) is 40.2 Å². The fraction of sp³-hybridized carbons (Fsp3) is 0.469. The molecule has 2 aromatic heterocycles. The van der Waals surface area contributed by atoms with E-state index in [-0.39, 0.29) is 41.6 Å². The standard InChI is InChI=1S/C32H37N7O13/c1-17(40)47-15-24-26(49-18(2)41)27(50-19(3)42)28(51-20(4)43)31(52-24)48-14-22-13-33-29-25(35-22)30(44)38(32(36-29)34-16-37(5)6)12-11-21-7-9-23(10-8-21)39(45)46/h7-10,13,16,24,26-28,31H,11-12,14-15H2,1-6H3/b34-16+/t24-,26-,27+,28-,31+/m1/s1. The number of fused-ring (bicyclic) bond motifs is 1. The van der Waals surface area contributed by atoms with Crippen LogP contribution in [0, 0.1) is 10.1 Å². The van der Waals surface area contributed by atoms with E-state index in [0.717, 1.165) is 33.3 Å². The molecule has 1 saturated heterocycles. The number of carbonyl (C=O) groups is 4. The van der Waals surface area contributed by atoms with E-state index in [1.165, 1.54) is 29.2 Å². The number of non-ortho nitro benzene ring substituents is 1. The average molecular weight is 728 g/mol. The molecule has 0 amide bonds. The Bertz CT molecular complexity index is 1900. The zero-order valence-electron chi connectivity index (χ0n) is 29.1. The molecule has 0 aliphatic carbocycles. The van der Waals surface area contributed by atoms with E-state index in [9.17, 15) is 34.1 Å². The van der Waals surface area contributed by atoms with Gasteiger partial charge in [0.15, 0.2) is 35.8 Å². The first-order chi connectivity index (χ1) is 24.6. The number of aliphatic imine (C=N–C) groups is 1. The molecule has 278 valence electrons. The van der Waals surface area contributed by atoms with Crippen LogP contribution in [0.2, 0.25) is 0 Å². The van der Waals surface area contributed by atoms with Crippen LogP contribution < -0.4 is 5.56 Å². The van der Waals surface area contributed by atoms with Gasteiger partial charge in [-0.25, -0.2) is 15.0 Å². The molecule has 20 nitrogen and oxygen atoms in total. The lowest BCUT2D eigenvalue weighted by atomic mass is 9.98. The first-order valence-electron chi connectivity index (χ1n) is 15.8. The SMILES string of the molecule is CC(=O)OC[C@H]1O[C@H](OCc2cnc3nc(/N=C/N(C)C)n(CCc4ccc([N+](=O)[O-])cc4)c(=O)c3n2)[C@H](OC(C)=O)[C@@H](OC(C)=O)[C@@H]1OC(C)=O. The summed E-state index contributed by atoms with van der Waals surface area (Å²) in [6.45, 7) is 3.70. The highest BCUT2D eigenvalue weighted by Gasteiger charge is 2.52. The van der Waals surface area contributed by atoms with Crippen molar-refractivity contribution in [2.75, 3.05) is 20.7 Å². The molecule has 0 radical (unpaired) electrons. The van der Waals surface area contributed by atoms with Gasteiger partial charge >= 0.3 is 23.9 Å². The highest BCUT2D eigenvalue weighted by molar-refractivity contribution is 5.71. The van der Waals surface area contributed by atoms with Gasteiger partial charge in [0.25, 0.3) is 11.2 Å². The van der Waals surface area contributed by atoms with Crippen molar-refractivity contribution in [3.63, 3.8) is 0 Å². The van der Waals surface area contributed by atoms with E-state index >= 15 is 0 Å². The first-order valence-corrected chi connectivity index (χ1v) is 15.8. The monoisotopic (exact) mass is 727 g/mol. The Morgan fingerprint density at radius 1 is 0.962 bits per heavy atom. The number of aryl methyl sites for hydroxylation is 1. The summed E-state index contributed by atoms with van der Waals surface area (Å²) in [7, 11) is 3.48. The Balaban J connectivity index is 1.67. The van der Waals surface area contributed by atoms with E-state index in [0.29, 0.717) is 6.42 Å². The van der Waals surface area contributed by atoms with Crippen molar-refractivity contribution in [2.24, 2.45) is 4.99 Å². The summed E-state index contributed by atoms with van der Waals surface area (Å²) in [5.74, 6) is -3.03. The van der Waals surface area contributed by atoms with Crippen LogP contribution in [0.3, 0.4) is 0 Å². The maximum absolute atomic E-state index is 13.8. The maximum atomic E-state index is 13.8. The highest BCUT2D eigenvalue weighted by atomic mass is 16.7. The number of hydrogen-bond acceptors (Lipinski definition) is 17. The number of aromatic nitrogens is 4. The molecule has 0 N–H and O–H groups in total. The topological polar surface area (TPSA) is 243 Å². The maximum Gasteiger partial charge on any atom is 0.303 e. The van der Waals surface area contributed by atoms with Gasteiger partial charge in [-0.1, -0.05) is 12.1 Å². The number of nitro groups is 1. The molecule has 0 spiro atoms. The fourth-order valence-electron chi connectivity index (χ4n) is 5.07. The van der Waals surface area contributed by atoms with Crippen LogP contribution in [0.25, 0.3) is 11.2 Å². The Kier molecular flexibility index (Phi) is 13.0. The van der Waals surface area contributed by atoms with Crippen LogP contribution in [0.5, 0.6) is 0 Å². The van der Waals surface area contributed by atoms with Crippen molar-refractivity contribution >= 4 is 53.0 Å². The van der Waals surface area contributed by atoms with Gasteiger partial charge in [0.1, 0.15) is 12.7 Å². The van der Waals surface area contributed by atoms with E-state index in [1.807, 2.05) is 0 Å². The lowest BCUT2D eigenvalue weighted by Crippen LogP contribution is -2.62. The van der Waals surface area contributed by atoms with Crippen molar-refractivity contribution < 1.29 is 52.5 Å². The number of ether oxygens (including phenoxy) is 6. The number of rotatable bonds is 14. The van der Waals surface area contributed by atoms with E-state index in [2.05, 4.69) is 19.9 Å². The van der Waals surface area contributed by atoms with Crippen LogP contribution in [-0.2, 0) is 67.2 Å². The minimum atomic E-state index is -1.49. The minimum Gasteiger partial charge on any atom is -0.463 e. The molecule has 0 bridgehead atoms. The third-order valence-electron chi connectivity index (χ3n) is 7.22. The van der Waals surface area contributed by atoms with Gasteiger partial charge in [0.2, 0.25) is 5.95 Å². The second-order valence-corrected chi connectivity index (χ2v) is 11.7. The molecule has 20 heteroatoms. The van der Waals surface area contributed by atoms with E-state index in [1.54, 1.807) is 31.1 Å². The smallest absolute Gasteiger partial charge is 0.303 e. The van der Waals surface area contributed by atoms with Gasteiger partial charge < -0.3 is 33.3 Å². The number of hydrogen-bond donors (Lipinski definition) is 0. The number of esters is 4. The number of nitro benzene ring substituents is 1. The van der Waals surface area contributed by atoms with Crippen LogP contribution in [0.4, 0.5) is 11.6 Å². The Labute approximate surface area is 295 Å². The lowest BCUT2D eigenvalue weighted by molar-refractivity contribution is -0.384. The summed E-state index contributed by atoms with van der Waals surface area (Å²) in [6, 6.07) is 5.91. The average Bonchev–Trinajstić information content (AvgIpc) is 3.07. The largest absolute Gasteiger partial charge is 0.463 e. The third kappa shape index (κ3) is 10.3. The lowest BCUT2D eigenvalue weighted by Gasteiger charge is -2.44. The molecule has 1 aliphatic heterocycles. The summed E-state index contributed by atoms with van der Waals surface area (Å²) >= 11 is 0. The number of carbonyl (C=O) groups excluding carboxylic acids is 4. The van der Waals surface area contributed by atoms with Crippen LogP contribution in [0.1, 0.15) is 39.0 Å². The minimum absolute atomic E-state index is 0.0152. The molecular weight excluding hydrogens is 690 g/mol. The summed E-state index contributed by atoms with van der Waals surface area (Å²) < 4.78 is 34.5. The highest BCUT2D eigenvalue weighted by Crippen LogP contribution is 2.30. The molecule has 52 heavy (non-hydrogen) atoms. The molecule has 4 rings (SSSR count). The Morgan fingerprint density at radius 3 is 2.19 bits per heavy atom. The molecule has 3 aromatic rings. The van der Waals surface area contributed by atoms with Gasteiger partial charge in [-0.15, -0.1) is 0 Å². The molecule has 0 unspecified atom stereocenters. The van der Waals surface area contributed by atoms with Gasteiger partial charge in [-0.05, 0) is 12.0 Å². The summed E-state index contributed by atoms with van der Waals surface area (Å²) in [5.41, 5.74) is 0.0375. The molecule has 1 aliphatic rings. The Morgan fingerprint density at radius 2 is 1.60 bits per heavy atom. The summed E-state index contributed by atoms with van der Waals surface area (Å²) in [5, 5.41) is 11.1. The molecule has 0 saturated carbocycles. The number of nitrogens with zero attached hydrogens (tertiary/aromatic N) is 7. The van der Waals surface area contributed by atoms with Crippen molar-refractivity contribution in [1.29, 1.82) is 0 Å².